The van der Waals surface area contributed by atoms with E-state index in [1.165, 1.54) is 0 Å². The van der Waals surface area contributed by atoms with E-state index in [0.717, 1.165) is 0 Å². The third-order valence-corrected chi connectivity index (χ3v) is 5.65. The van der Waals surface area contributed by atoms with Crippen molar-refractivity contribution in [1.82, 2.24) is 16.0 Å². The van der Waals surface area contributed by atoms with Crippen molar-refractivity contribution in [3.05, 3.63) is 0 Å². The van der Waals surface area contributed by atoms with Crippen LogP contribution < -0.4 is 44.6 Å². The van der Waals surface area contributed by atoms with Crippen molar-refractivity contribution >= 4 is 42.3 Å². The Balaban J connectivity index is 5.51. The second-order valence-electron chi connectivity index (χ2n) is 8.33. The zero-order valence-corrected chi connectivity index (χ0v) is 21.6. The summed E-state index contributed by atoms with van der Waals surface area (Å²) in [6.45, 7) is 1.03. The number of carbonyl (C=O) groups excluding carboxylic acids is 3. The summed E-state index contributed by atoms with van der Waals surface area (Å²) in [7, 11) is 0. The summed E-state index contributed by atoms with van der Waals surface area (Å²) in [6, 6.07) is -4.12. The van der Waals surface area contributed by atoms with Crippen molar-refractivity contribution in [2.45, 2.75) is 75.5 Å². The maximum atomic E-state index is 13.1. The number of thiol groups is 1. The highest BCUT2D eigenvalue weighted by Crippen LogP contribution is 2.07. The predicted molar refractivity (Wildman–Crippen MR) is 141 cm³/mol. The second-order valence-corrected chi connectivity index (χ2v) is 8.69. The van der Waals surface area contributed by atoms with E-state index in [1.807, 2.05) is 0 Å². The van der Waals surface area contributed by atoms with Gasteiger partial charge in [0, 0.05) is 12.3 Å². The van der Waals surface area contributed by atoms with Gasteiger partial charge in [-0.1, -0.05) is 0 Å². The fourth-order valence-corrected chi connectivity index (χ4v) is 3.36. The van der Waals surface area contributed by atoms with Crippen molar-refractivity contribution in [2.75, 3.05) is 25.4 Å². The lowest BCUT2D eigenvalue weighted by molar-refractivity contribution is -0.142. The lowest BCUT2D eigenvalue weighted by Crippen LogP contribution is -2.57. The smallest absolute Gasteiger partial charge is 0.326 e. The van der Waals surface area contributed by atoms with E-state index in [4.69, 9.17) is 28.7 Å². The quantitative estimate of drug-likeness (QED) is 0.0330. The fraction of sp³-hybridized carbons (Fsp3) is 0.762. The number of hydrogen-bond acceptors (Lipinski definition) is 9. The van der Waals surface area contributed by atoms with Gasteiger partial charge in [0.25, 0.3) is 0 Å². The summed E-state index contributed by atoms with van der Waals surface area (Å²) in [5.41, 5.74) is 27.3. The summed E-state index contributed by atoms with van der Waals surface area (Å²) in [5, 5.41) is 17.2. The molecule has 0 spiro atoms. The summed E-state index contributed by atoms with van der Waals surface area (Å²) >= 11 is 4.00. The Labute approximate surface area is 217 Å². The first-order valence-electron chi connectivity index (χ1n) is 12.0. The number of nitrogens with zero attached hydrogens (tertiary/aromatic N) is 1. The number of carboxylic acid groups (broad SMARTS) is 1. The van der Waals surface area contributed by atoms with E-state index >= 15 is 0 Å². The molecule has 0 aromatic rings. The molecule has 14 nitrogen and oxygen atoms in total. The highest BCUT2D eigenvalue weighted by atomic mass is 32.1. The standard InChI is InChI=1S/C21H43N9O5S/c22-9-3-1-6-14(19(33)30-16(20(34)35)7-2-4-10-23)29-18(32)15(8-5-11-27-21(25)26)28-17(31)13(24)12-36/h13-16,36H,1-12,22-24H2,(H,28,31)(H,29,32)(H,30,33)(H,34,35)(H4,25,26,27). The van der Waals surface area contributed by atoms with E-state index < -0.39 is 47.9 Å². The number of carboxylic acids is 1. The van der Waals surface area contributed by atoms with Crippen LogP contribution in [-0.4, -0.2) is 84.3 Å². The first-order valence-corrected chi connectivity index (χ1v) is 12.7. The summed E-state index contributed by atoms with van der Waals surface area (Å²) < 4.78 is 0. The molecule has 0 aromatic heterocycles. The highest BCUT2D eigenvalue weighted by Gasteiger charge is 2.29. The van der Waals surface area contributed by atoms with E-state index in [-0.39, 0.29) is 37.5 Å². The number of hydrogen-bond donors (Lipinski definition) is 10. The topological polar surface area (TPSA) is 267 Å². The van der Waals surface area contributed by atoms with Gasteiger partial charge in [-0.15, -0.1) is 0 Å². The summed E-state index contributed by atoms with van der Waals surface area (Å²) in [6.07, 6.45) is 3.22. The molecule has 0 aliphatic rings. The number of unbranched alkanes of at least 4 members (excludes halogenated alkanes) is 2. The highest BCUT2D eigenvalue weighted by molar-refractivity contribution is 7.80. The molecular weight excluding hydrogens is 490 g/mol. The van der Waals surface area contributed by atoms with Crippen LogP contribution in [0, 0.1) is 0 Å². The van der Waals surface area contributed by atoms with Gasteiger partial charge in [-0.25, -0.2) is 4.79 Å². The van der Waals surface area contributed by atoms with Crippen LogP contribution in [0.2, 0.25) is 0 Å². The predicted octanol–water partition coefficient (Wildman–Crippen LogP) is -2.91. The number of nitrogens with two attached hydrogens (primary N) is 5. The SMILES string of the molecule is NCCCCC(NC(=O)C(CCCCN)NC(=O)C(CCCN=C(N)N)NC(=O)C(N)CS)C(=O)O. The van der Waals surface area contributed by atoms with Gasteiger partial charge in [-0.3, -0.25) is 19.4 Å². The molecule has 14 N–H and O–H groups in total. The number of carbonyl (C=O) groups is 4. The van der Waals surface area contributed by atoms with Crippen LogP contribution >= 0.6 is 12.6 Å². The largest absolute Gasteiger partial charge is 0.480 e. The number of rotatable bonds is 20. The molecule has 0 rings (SSSR count). The normalized spacial score (nSPS) is 14.1. The van der Waals surface area contributed by atoms with Crippen LogP contribution in [0.3, 0.4) is 0 Å². The van der Waals surface area contributed by atoms with E-state index in [9.17, 15) is 24.3 Å². The van der Waals surface area contributed by atoms with Gasteiger partial charge in [0.2, 0.25) is 17.7 Å². The molecule has 0 saturated heterocycles. The number of amides is 3. The average Bonchev–Trinajstić information content (AvgIpc) is 2.83. The van der Waals surface area contributed by atoms with Gasteiger partial charge in [0.15, 0.2) is 5.96 Å². The molecule has 0 bridgehead atoms. The van der Waals surface area contributed by atoms with Crippen molar-refractivity contribution in [3.63, 3.8) is 0 Å². The molecule has 36 heavy (non-hydrogen) atoms. The van der Waals surface area contributed by atoms with Gasteiger partial charge in [-0.2, -0.15) is 12.6 Å². The molecule has 0 aliphatic heterocycles. The fourth-order valence-electron chi connectivity index (χ4n) is 3.19. The average molecular weight is 534 g/mol. The Morgan fingerprint density at radius 3 is 1.64 bits per heavy atom. The zero-order valence-electron chi connectivity index (χ0n) is 20.7. The molecule has 4 atom stereocenters. The van der Waals surface area contributed by atoms with E-state index in [0.29, 0.717) is 45.2 Å². The number of aliphatic carboxylic acids is 1. The minimum absolute atomic E-state index is 0.0685. The second kappa shape index (κ2) is 19.6. The van der Waals surface area contributed by atoms with E-state index in [1.54, 1.807) is 0 Å². The molecule has 0 radical (unpaired) electrons. The van der Waals surface area contributed by atoms with Crippen molar-refractivity contribution in [3.8, 4) is 0 Å². The first kappa shape index (κ1) is 33.4. The van der Waals surface area contributed by atoms with Crippen LogP contribution in [-0.2, 0) is 19.2 Å². The van der Waals surface area contributed by atoms with Crippen LogP contribution in [0.4, 0.5) is 0 Å². The maximum absolute atomic E-state index is 13.1. The molecule has 0 aliphatic carbocycles. The van der Waals surface area contributed by atoms with Crippen molar-refractivity contribution < 1.29 is 24.3 Å². The van der Waals surface area contributed by atoms with Gasteiger partial charge in [0.05, 0.1) is 6.04 Å². The molecule has 3 amide bonds. The first-order chi connectivity index (χ1) is 17.1. The van der Waals surface area contributed by atoms with Gasteiger partial charge in [0.1, 0.15) is 18.1 Å². The van der Waals surface area contributed by atoms with E-state index in [2.05, 4.69) is 33.6 Å². The maximum Gasteiger partial charge on any atom is 0.326 e. The zero-order chi connectivity index (χ0) is 27.5. The summed E-state index contributed by atoms with van der Waals surface area (Å²) in [4.78, 5) is 53.8. The molecule has 0 saturated carbocycles. The minimum Gasteiger partial charge on any atom is -0.480 e. The summed E-state index contributed by atoms with van der Waals surface area (Å²) in [5.74, 6) is -3.06. The lowest BCUT2D eigenvalue weighted by atomic mass is 10.0. The molecule has 0 fully saturated rings. The van der Waals surface area contributed by atoms with Crippen LogP contribution in [0.15, 0.2) is 4.99 Å². The monoisotopic (exact) mass is 533 g/mol. The molecule has 15 heteroatoms. The van der Waals surface area contributed by atoms with Crippen LogP contribution in [0.1, 0.15) is 51.4 Å². The lowest BCUT2D eigenvalue weighted by Gasteiger charge is -2.25. The van der Waals surface area contributed by atoms with Gasteiger partial charge in [-0.05, 0) is 64.5 Å². The third kappa shape index (κ3) is 14.7. The molecule has 0 aromatic carbocycles. The number of nitrogens with one attached hydrogen (secondary N) is 3. The van der Waals surface area contributed by atoms with Gasteiger partial charge >= 0.3 is 5.97 Å². The third-order valence-electron chi connectivity index (χ3n) is 5.25. The molecular formula is C21H43N9O5S. The molecule has 0 heterocycles. The Bertz CT molecular complexity index is 722. The minimum atomic E-state index is -1.18. The molecule has 4 unspecified atom stereocenters. The Morgan fingerprint density at radius 1 is 0.750 bits per heavy atom. The van der Waals surface area contributed by atoms with Crippen molar-refractivity contribution in [2.24, 2.45) is 33.7 Å². The van der Waals surface area contributed by atoms with Gasteiger partial charge < -0.3 is 49.7 Å². The number of aliphatic imine (C=N–C) groups is 1. The Kier molecular flexibility index (Phi) is 18.1. The number of guanidine groups is 1. The molecule has 208 valence electrons. The van der Waals surface area contributed by atoms with Crippen LogP contribution in [0.25, 0.3) is 0 Å². The van der Waals surface area contributed by atoms with Crippen LogP contribution in [0.5, 0.6) is 0 Å². The van der Waals surface area contributed by atoms with Crippen molar-refractivity contribution in [1.29, 1.82) is 0 Å². The Morgan fingerprint density at radius 2 is 1.19 bits per heavy atom. The Hall–Kier alpha value is -2.62.